The molecule has 0 radical (unpaired) electrons. The van der Waals surface area contributed by atoms with Gasteiger partial charge in [-0.1, -0.05) is 25.4 Å². The molecule has 172 valence electrons. The number of anilines is 1. The number of hydrogen-bond acceptors (Lipinski definition) is 5. The number of sulfonamides is 1. The second-order valence-corrected chi connectivity index (χ2v) is 10.6. The maximum Gasteiger partial charge on any atom is 0.267 e. The molecule has 0 aliphatic rings. The molecule has 0 saturated heterocycles. The minimum atomic E-state index is -3.74. The number of amides is 1. The Balaban J connectivity index is 2.03. The number of nitrogens with one attached hydrogen (secondary N) is 1. The van der Waals surface area contributed by atoms with E-state index < -0.39 is 21.7 Å². The second-order valence-electron chi connectivity index (χ2n) is 7.25. The van der Waals surface area contributed by atoms with Crippen molar-refractivity contribution >= 4 is 54.6 Å². The van der Waals surface area contributed by atoms with Gasteiger partial charge in [-0.15, -0.1) is 11.3 Å². The lowest BCUT2D eigenvalue weighted by molar-refractivity contribution is 0.102. The Bertz CT molecular complexity index is 1250. The highest BCUT2D eigenvalue weighted by molar-refractivity contribution is 7.89. The van der Waals surface area contributed by atoms with Crippen molar-refractivity contribution in [3.8, 4) is 5.75 Å². The van der Waals surface area contributed by atoms with E-state index in [4.69, 9.17) is 16.3 Å². The van der Waals surface area contributed by atoms with Crippen LogP contribution in [0.25, 0.3) is 10.1 Å². The summed E-state index contributed by atoms with van der Waals surface area (Å²) in [4.78, 5) is 13.3. The van der Waals surface area contributed by atoms with Gasteiger partial charge in [-0.2, -0.15) is 4.31 Å². The first kappa shape index (κ1) is 24.4. The molecule has 10 heteroatoms. The van der Waals surface area contributed by atoms with Gasteiger partial charge >= 0.3 is 0 Å². The van der Waals surface area contributed by atoms with Gasteiger partial charge in [0.1, 0.15) is 16.4 Å². The number of nitrogens with zero attached hydrogens (tertiary/aromatic N) is 1. The minimum Gasteiger partial charge on any atom is -0.489 e. The summed E-state index contributed by atoms with van der Waals surface area (Å²) in [6.07, 6.45) is -0.202. The van der Waals surface area contributed by atoms with Crippen LogP contribution >= 0.6 is 22.9 Å². The molecule has 0 atom stereocenters. The quantitative estimate of drug-likeness (QED) is 0.428. The fourth-order valence-electron chi connectivity index (χ4n) is 3.20. The predicted molar refractivity (Wildman–Crippen MR) is 127 cm³/mol. The Morgan fingerprint density at radius 1 is 1.19 bits per heavy atom. The van der Waals surface area contributed by atoms with E-state index in [0.717, 1.165) is 11.3 Å². The molecular weight excluding hydrogens is 475 g/mol. The van der Waals surface area contributed by atoms with Crippen molar-refractivity contribution in [1.82, 2.24) is 4.31 Å². The maximum atomic E-state index is 13.6. The fraction of sp³-hybridized carbons (Fsp3) is 0.318. The Morgan fingerprint density at radius 2 is 1.88 bits per heavy atom. The van der Waals surface area contributed by atoms with Crippen molar-refractivity contribution in [1.29, 1.82) is 0 Å². The number of hydrogen-bond donors (Lipinski definition) is 1. The van der Waals surface area contributed by atoms with Gasteiger partial charge in [-0.05, 0) is 50.2 Å². The maximum absolute atomic E-state index is 13.6. The number of benzene rings is 2. The largest absolute Gasteiger partial charge is 0.489 e. The number of halogens is 2. The number of carbonyl (C=O) groups is 1. The van der Waals surface area contributed by atoms with Gasteiger partial charge in [0.15, 0.2) is 0 Å². The van der Waals surface area contributed by atoms with Gasteiger partial charge in [0.2, 0.25) is 10.0 Å². The van der Waals surface area contributed by atoms with Crippen LogP contribution < -0.4 is 10.1 Å². The lowest BCUT2D eigenvalue weighted by Gasteiger charge is -2.20. The van der Waals surface area contributed by atoms with Crippen LogP contribution in [0.3, 0.4) is 0 Å². The Kier molecular flexibility index (Phi) is 7.44. The Morgan fingerprint density at radius 3 is 2.50 bits per heavy atom. The molecule has 32 heavy (non-hydrogen) atoms. The van der Waals surface area contributed by atoms with Gasteiger partial charge in [0.25, 0.3) is 5.91 Å². The zero-order valence-corrected chi connectivity index (χ0v) is 20.5. The highest BCUT2D eigenvalue weighted by Crippen LogP contribution is 2.37. The molecule has 2 aromatic carbocycles. The highest BCUT2D eigenvalue weighted by atomic mass is 35.5. The zero-order chi connectivity index (χ0) is 23.6. The molecule has 0 bridgehead atoms. The SMILES string of the molecule is CCN(CC)S(=O)(=O)c1ccc(OC(C)C)c(NC(=O)c2sc3cc(F)ccc3c2Cl)c1. The average molecular weight is 499 g/mol. The van der Waals surface area contributed by atoms with Crippen molar-refractivity contribution in [3.05, 3.63) is 52.1 Å². The molecule has 0 aliphatic carbocycles. The van der Waals surface area contributed by atoms with E-state index in [0.29, 0.717) is 28.9 Å². The van der Waals surface area contributed by atoms with Crippen LogP contribution in [0.2, 0.25) is 5.02 Å². The van der Waals surface area contributed by atoms with E-state index in [9.17, 15) is 17.6 Å². The van der Waals surface area contributed by atoms with Crippen LogP contribution in [0, 0.1) is 5.82 Å². The Labute approximate surface area is 196 Å². The van der Waals surface area contributed by atoms with Crippen molar-refractivity contribution in [3.63, 3.8) is 0 Å². The summed E-state index contributed by atoms with van der Waals surface area (Å²) >= 11 is 7.43. The molecule has 0 aliphatic heterocycles. The third kappa shape index (κ3) is 4.91. The van der Waals surface area contributed by atoms with Crippen LogP contribution in [0.1, 0.15) is 37.4 Å². The first-order valence-electron chi connectivity index (χ1n) is 10.1. The van der Waals surface area contributed by atoms with E-state index in [1.165, 1.54) is 40.7 Å². The highest BCUT2D eigenvalue weighted by Gasteiger charge is 2.25. The number of fused-ring (bicyclic) bond motifs is 1. The summed E-state index contributed by atoms with van der Waals surface area (Å²) in [5, 5.41) is 3.50. The molecule has 6 nitrogen and oxygen atoms in total. The lowest BCUT2D eigenvalue weighted by Crippen LogP contribution is -2.30. The van der Waals surface area contributed by atoms with Crippen molar-refractivity contribution in [2.24, 2.45) is 0 Å². The van der Waals surface area contributed by atoms with Crippen LogP contribution in [0.4, 0.5) is 10.1 Å². The monoisotopic (exact) mass is 498 g/mol. The molecule has 0 spiro atoms. The van der Waals surface area contributed by atoms with Gasteiger partial charge < -0.3 is 10.1 Å². The van der Waals surface area contributed by atoms with Gasteiger partial charge in [-0.3, -0.25) is 4.79 Å². The topological polar surface area (TPSA) is 75.7 Å². The first-order valence-corrected chi connectivity index (χ1v) is 12.7. The van der Waals surface area contributed by atoms with Crippen LogP contribution in [0.5, 0.6) is 5.75 Å². The standard InChI is InChI=1S/C22H24ClFN2O4S2/c1-5-26(6-2)32(28,29)15-8-10-18(30-13(3)4)17(12-15)25-22(27)21-20(23)16-9-7-14(24)11-19(16)31-21/h7-13H,5-6H2,1-4H3,(H,25,27). The van der Waals surface area contributed by atoms with E-state index in [1.807, 2.05) is 13.8 Å². The van der Waals surface area contributed by atoms with E-state index >= 15 is 0 Å². The predicted octanol–water partition coefficient (Wildman–Crippen LogP) is 5.76. The molecule has 3 rings (SSSR count). The third-order valence-electron chi connectivity index (χ3n) is 4.70. The first-order chi connectivity index (χ1) is 15.1. The molecule has 0 unspecified atom stereocenters. The molecule has 1 aromatic heterocycles. The molecule has 3 aromatic rings. The summed E-state index contributed by atoms with van der Waals surface area (Å²) < 4.78 is 47.1. The summed E-state index contributed by atoms with van der Waals surface area (Å²) in [7, 11) is -3.74. The number of thiophene rings is 1. The lowest BCUT2D eigenvalue weighted by atomic mass is 10.2. The molecular formula is C22H24ClFN2O4S2. The summed E-state index contributed by atoms with van der Waals surface area (Å²) in [6.45, 7) is 7.79. The second kappa shape index (κ2) is 9.74. The zero-order valence-electron chi connectivity index (χ0n) is 18.1. The van der Waals surface area contributed by atoms with Crippen molar-refractivity contribution in [2.75, 3.05) is 18.4 Å². The summed E-state index contributed by atoms with van der Waals surface area (Å²) in [6, 6.07) is 8.46. The van der Waals surface area contributed by atoms with Crippen LogP contribution in [-0.2, 0) is 10.0 Å². The molecule has 1 amide bonds. The smallest absolute Gasteiger partial charge is 0.267 e. The van der Waals surface area contributed by atoms with Crippen LogP contribution in [0.15, 0.2) is 41.3 Å². The van der Waals surface area contributed by atoms with E-state index in [-0.39, 0.29) is 26.6 Å². The van der Waals surface area contributed by atoms with Crippen molar-refractivity contribution < 1.29 is 22.3 Å². The average Bonchev–Trinajstić information content (AvgIpc) is 3.05. The number of rotatable bonds is 8. The normalized spacial score (nSPS) is 12.0. The van der Waals surface area contributed by atoms with Gasteiger partial charge in [0, 0.05) is 23.2 Å². The minimum absolute atomic E-state index is 0.0390. The summed E-state index contributed by atoms with van der Waals surface area (Å²) in [5.41, 5.74) is 0.205. The Hall–Kier alpha value is -2.20. The number of carbonyl (C=O) groups excluding carboxylic acids is 1. The number of ether oxygens (including phenoxy) is 1. The molecule has 0 fully saturated rings. The van der Waals surface area contributed by atoms with Gasteiger partial charge in [-0.25, -0.2) is 12.8 Å². The third-order valence-corrected chi connectivity index (χ3v) is 8.40. The van der Waals surface area contributed by atoms with E-state index in [1.54, 1.807) is 13.8 Å². The van der Waals surface area contributed by atoms with E-state index in [2.05, 4.69) is 5.32 Å². The molecule has 0 saturated carbocycles. The van der Waals surface area contributed by atoms with Gasteiger partial charge in [0.05, 0.1) is 21.7 Å². The summed E-state index contributed by atoms with van der Waals surface area (Å²) in [5.74, 6) is -0.637. The van der Waals surface area contributed by atoms with Crippen molar-refractivity contribution in [2.45, 2.75) is 38.7 Å². The fourth-order valence-corrected chi connectivity index (χ4v) is 6.12. The molecule has 1 N–H and O–H groups in total. The van der Waals surface area contributed by atoms with Crippen LogP contribution in [-0.4, -0.2) is 37.8 Å². The molecule has 1 heterocycles.